The Kier molecular flexibility index (Phi) is 4.60. The summed E-state index contributed by atoms with van der Waals surface area (Å²) < 4.78 is 29.4. The lowest BCUT2D eigenvalue weighted by atomic mass is 9.75. The molecule has 3 aliphatic rings. The third-order valence-corrected chi connectivity index (χ3v) is 7.42. The van der Waals surface area contributed by atoms with Gasteiger partial charge in [0.2, 0.25) is 5.88 Å². The lowest BCUT2D eigenvalue weighted by Gasteiger charge is -2.31. The molecule has 2 heterocycles. The highest BCUT2D eigenvalue weighted by atomic mass is 32.2. The Bertz CT molecular complexity index is 1160. The normalized spacial score (nSPS) is 22.9. The quantitative estimate of drug-likeness (QED) is 0.770. The Morgan fingerprint density at radius 3 is 3.07 bits per heavy atom. The minimum absolute atomic E-state index is 0.121. The van der Waals surface area contributed by atoms with Crippen LogP contribution in [0.4, 0.5) is 10.5 Å². The van der Waals surface area contributed by atoms with Crippen LogP contribution in [0.5, 0.6) is 5.88 Å². The maximum atomic E-state index is 13.1. The number of nitrogens with zero attached hydrogens (tertiary/aromatic N) is 3. The van der Waals surface area contributed by atoms with Crippen LogP contribution < -0.4 is 15.2 Å². The van der Waals surface area contributed by atoms with Crippen molar-refractivity contribution in [1.82, 2.24) is 9.78 Å². The predicted octanol–water partition coefficient (Wildman–Crippen LogP) is 2.37. The molecule has 0 radical (unpaired) electrons. The number of nitrogens with two attached hydrogens (primary N) is 1. The van der Waals surface area contributed by atoms with Gasteiger partial charge in [-0.1, -0.05) is 13.0 Å². The molecule has 10 heteroatoms. The van der Waals surface area contributed by atoms with Crippen LogP contribution >= 0.6 is 0 Å². The lowest BCUT2D eigenvalue weighted by Crippen LogP contribution is -2.23. The van der Waals surface area contributed by atoms with E-state index in [9.17, 15) is 9.00 Å². The van der Waals surface area contributed by atoms with Crippen LogP contribution in [-0.2, 0) is 40.5 Å². The summed E-state index contributed by atoms with van der Waals surface area (Å²) in [5.74, 6) is 0.660. The van der Waals surface area contributed by atoms with Crippen LogP contribution in [0.2, 0.25) is 0 Å². The summed E-state index contributed by atoms with van der Waals surface area (Å²) in [6, 6.07) is 1.55. The number of hydrogen-bond donors (Lipinski definition) is 2. The number of aryl methyl sites for hydroxylation is 1. The summed E-state index contributed by atoms with van der Waals surface area (Å²) in [5.41, 5.74) is 5.74. The molecule has 2 aliphatic carbocycles. The maximum absolute atomic E-state index is 13.1. The van der Waals surface area contributed by atoms with E-state index in [4.69, 9.17) is 14.6 Å². The number of amides is 2. The van der Waals surface area contributed by atoms with Gasteiger partial charge in [-0.2, -0.15) is 5.10 Å². The Labute approximate surface area is 175 Å². The summed E-state index contributed by atoms with van der Waals surface area (Å²) in [5, 5.41) is 13.0. The highest BCUT2D eigenvalue weighted by Gasteiger charge is 2.33. The van der Waals surface area contributed by atoms with Crippen LogP contribution in [0.15, 0.2) is 21.5 Å². The van der Waals surface area contributed by atoms with Gasteiger partial charge in [-0.15, -0.1) is 4.36 Å². The van der Waals surface area contributed by atoms with Gasteiger partial charge in [0.15, 0.2) is 9.92 Å². The zero-order valence-electron chi connectivity index (χ0n) is 17.0. The molecule has 9 nitrogen and oxygen atoms in total. The van der Waals surface area contributed by atoms with Gasteiger partial charge in [0.25, 0.3) is 0 Å². The molecule has 2 aromatic rings. The van der Waals surface area contributed by atoms with E-state index in [-0.39, 0.29) is 16.9 Å². The molecule has 3 N–H and O–H groups in total. The molecule has 1 aliphatic heterocycles. The summed E-state index contributed by atoms with van der Waals surface area (Å²) in [6.45, 7) is 2.98. The zero-order chi connectivity index (χ0) is 21.0. The van der Waals surface area contributed by atoms with Crippen molar-refractivity contribution < 1.29 is 18.5 Å². The number of benzene rings is 1. The third kappa shape index (κ3) is 3.10. The third-order valence-electron chi connectivity index (χ3n) is 6.08. The van der Waals surface area contributed by atoms with Gasteiger partial charge in [-0.25, -0.2) is 18.8 Å². The first kappa shape index (κ1) is 19.5. The van der Waals surface area contributed by atoms with Gasteiger partial charge in [-0.05, 0) is 53.9 Å². The van der Waals surface area contributed by atoms with Crippen LogP contribution in [0.25, 0.3) is 0 Å². The van der Waals surface area contributed by atoms with Crippen molar-refractivity contribution in [2.24, 2.45) is 9.50 Å². The fourth-order valence-corrected chi connectivity index (χ4v) is 5.76. The van der Waals surface area contributed by atoms with Gasteiger partial charge < -0.3 is 14.8 Å². The number of carbonyl (C=O) groups excluding carboxylic acids is 1. The number of urea groups is 1. The van der Waals surface area contributed by atoms with E-state index in [1.807, 2.05) is 0 Å². The summed E-state index contributed by atoms with van der Waals surface area (Å²) in [4.78, 5) is 12.9. The molecule has 1 aromatic carbocycles. The van der Waals surface area contributed by atoms with Crippen molar-refractivity contribution in [1.29, 1.82) is 0 Å². The van der Waals surface area contributed by atoms with E-state index in [1.165, 1.54) is 28.5 Å². The van der Waals surface area contributed by atoms with E-state index in [2.05, 4.69) is 27.8 Å². The van der Waals surface area contributed by atoms with Crippen LogP contribution in [0, 0.1) is 0 Å². The average molecular weight is 432 g/mol. The first-order chi connectivity index (χ1) is 14.4. The molecule has 2 unspecified atom stereocenters. The molecule has 30 heavy (non-hydrogen) atoms. The number of anilines is 1. The van der Waals surface area contributed by atoms with Crippen molar-refractivity contribution in [3.05, 3.63) is 34.5 Å². The fraction of sp³-hybridized carbons (Fsp3) is 0.500. The number of fused-ring (bicyclic) bond motifs is 3. The van der Waals surface area contributed by atoms with E-state index in [0.29, 0.717) is 19.1 Å². The first-order valence-corrected chi connectivity index (χ1v) is 11.7. The molecule has 0 saturated heterocycles. The maximum Gasteiger partial charge on any atom is 0.354 e. The SMILES string of the molecule is COCC1Cn2ncc(S(N)(=O)=NC(=O)Nc3c4c(cc5c3[C@H](C)C5)CCC4)c2O1. The van der Waals surface area contributed by atoms with Crippen LogP contribution in [0.3, 0.4) is 0 Å². The topological polar surface area (TPSA) is 121 Å². The molecule has 2 amide bonds. The van der Waals surface area contributed by atoms with Crippen molar-refractivity contribution in [3.8, 4) is 5.88 Å². The van der Waals surface area contributed by atoms with Crippen molar-refractivity contribution >= 4 is 21.6 Å². The summed E-state index contributed by atoms with van der Waals surface area (Å²) in [7, 11) is -1.94. The van der Waals surface area contributed by atoms with Crippen LogP contribution in [0.1, 0.15) is 41.5 Å². The van der Waals surface area contributed by atoms with Crippen molar-refractivity contribution in [2.75, 3.05) is 19.0 Å². The van der Waals surface area contributed by atoms with Gasteiger partial charge in [0.1, 0.15) is 11.0 Å². The number of methoxy groups -OCH3 is 1. The predicted molar refractivity (Wildman–Crippen MR) is 111 cm³/mol. The Balaban J connectivity index is 1.44. The molecule has 0 fully saturated rings. The van der Waals surface area contributed by atoms with Crippen molar-refractivity contribution in [2.45, 2.75) is 56.1 Å². The first-order valence-electron chi connectivity index (χ1n) is 10.1. The number of rotatable bonds is 4. The summed E-state index contributed by atoms with van der Waals surface area (Å²) >= 11 is 0. The second kappa shape index (κ2) is 7.07. The molecule has 3 atom stereocenters. The molecule has 0 saturated carbocycles. The van der Waals surface area contributed by atoms with E-state index in [0.717, 1.165) is 31.4 Å². The second-order valence-electron chi connectivity index (χ2n) is 8.20. The molecule has 0 bridgehead atoms. The average Bonchev–Trinajstić information content (AvgIpc) is 3.35. The lowest BCUT2D eigenvalue weighted by molar-refractivity contribution is 0.0920. The van der Waals surface area contributed by atoms with Gasteiger partial charge in [0.05, 0.1) is 19.3 Å². The monoisotopic (exact) mass is 431 g/mol. The largest absolute Gasteiger partial charge is 0.469 e. The Morgan fingerprint density at radius 2 is 2.30 bits per heavy atom. The number of carbonyl (C=O) groups is 1. The molecule has 0 spiro atoms. The summed E-state index contributed by atoms with van der Waals surface area (Å²) in [6.07, 6.45) is 5.14. The minimum Gasteiger partial charge on any atom is -0.469 e. The second-order valence-corrected chi connectivity index (χ2v) is 9.96. The number of hydrogen-bond acceptors (Lipinski definition) is 5. The highest BCUT2D eigenvalue weighted by Crippen LogP contribution is 2.45. The number of ether oxygens (including phenoxy) is 2. The highest BCUT2D eigenvalue weighted by molar-refractivity contribution is 7.91. The zero-order valence-corrected chi connectivity index (χ0v) is 17.8. The smallest absolute Gasteiger partial charge is 0.354 e. The van der Waals surface area contributed by atoms with Crippen LogP contribution in [-0.4, -0.2) is 39.8 Å². The Morgan fingerprint density at radius 1 is 1.47 bits per heavy atom. The fourth-order valence-electron chi connectivity index (χ4n) is 4.77. The van der Waals surface area contributed by atoms with E-state index < -0.39 is 15.9 Å². The van der Waals surface area contributed by atoms with E-state index >= 15 is 0 Å². The Hall–Kier alpha value is -2.43. The van der Waals surface area contributed by atoms with E-state index in [1.54, 1.807) is 11.8 Å². The van der Waals surface area contributed by atoms with Crippen molar-refractivity contribution in [3.63, 3.8) is 0 Å². The van der Waals surface area contributed by atoms with Gasteiger partial charge in [0, 0.05) is 12.8 Å². The standard InChI is InChI=1S/C20H25N5O4S/c1-11-6-13-7-12-4-3-5-15(12)18(17(11)13)23-20(26)24-30(21,27)16-8-22-25-9-14(10-28-2)29-19(16)25/h7-8,11,14H,3-6,9-10H2,1-2H3,(H3,21,23,24,26,27)/t11-,14?,30?/m1/s1. The number of aromatic nitrogens is 2. The molecule has 1 aromatic heterocycles. The minimum atomic E-state index is -3.52. The molecule has 5 rings (SSSR count). The number of nitrogens with one attached hydrogen (secondary N) is 1. The van der Waals surface area contributed by atoms with Gasteiger partial charge in [-0.3, -0.25) is 0 Å². The molecular weight excluding hydrogens is 406 g/mol. The van der Waals surface area contributed by atoms with Gasteiger partial charge >= 0.3 is 6.03 Å². The molecular formula is C20H25N5O4S. The molecule has 160 valence electrons.